The van der Waals surface area contributed by atoms with E-state index in [0.717, 1.165) is 6.07 Å². The fourth-order valence-electron chi connectivity index (χ4n) is 1.16. The number of carbonyl (C=O) groups excluding carboxylic acids is 1. The normalized spacial score (nSPS) is 10.8. The zero-order valence-electron chi connectivity index (χ0n) is 10.3. The molecule has 0 amide bonds. The van der Waals surface area contributed by atoms with Crippen LogP contribution < -0.4 is 5.43 Å². The molecule has 0 fully saturated rings. The average Bonchev–Trinajstić information content (AvgIpc) is 2.39. The van der Waals surface area contributed by atoms with Crippen molar-refractivity contribution in [3.63, 3.8) is 0 Å². The van der Waals surface area contributed by atoms with Gasteiger partial charge in [0, 0.05) is 12.1 Å². The molecule has 0 unspecified atom stereocenters. The van der Waals surface area contributed by atoms with Crippen molar-refractivity contribution in [1.29, 1.82) is 0 Å². The van der Waals surface area contributed by atoms with E-state index in [-0.39, 0.29) is 18.0 Å². The first-order valence-corrected chi connectivity index (χ1v) is 5.35. The Bertz CT molecular complexity index is 571. The van der Waals surface area contributed by atoms with E-state index in [0.29, 0.717) is 0 Å². The highest BCUT2D eigenvalue weighted by atomic mass is 16.6. The van der Waals surface area contributed by atoms with Gasteiger partial charge in [0.1, 0.15) is 0 Å². The number of hydrogen-bond acceptors (Lipinski definition) is 8. The molecule has 0 heterocycles. The third-order valence-corrected chi connectivity index (χ3v) is 1.98. The predicted octanol–water partition coefficient (Wildman–Crippen LogP) is 1.16. The van der Waals surface area contributed by atoms with Crippen LogP contribution in [0, 0.1) is 20.2 Å². The molecule has 1 N–H and O–H groups in total. The lowest BCUT2D eigenvalue weighted by Gasteiger charge is -1.99. The van der Waals surface area contributed by atoms with Gasteiger partial charge >= 0.3 is 11.8 Å². The van der Waals surface area contributed by atoms with Crippen LogP contribution >= 0.6 is 0 Å². The summed E-state index contributed by atoms with van der Waals surface area (Å²) in [5.41, 5.74) is 2.11. The molecule has 106 valence electrons. The molecule has 0 spiro atoms. The first-order chi connectivity index (χ1) is 9.45. The summed E-state index contributed by atoms with van der Waals surface area (Å²) < 4.78 is 4.46. The van der Waals surface area contributed by atoms with Gasteiger partial charge in [-0.05, 0) is 17.9 Å². The Morgan fingerprint density at radius 1 is 1.40 bits per heavy atom. The first-order valence-electron chi connectivity index (χ1n) is 5.35. The summed E-state index contributed by atoms with van der Waals surface area (Å²) in [5, 5.41) is 24.5. The van der Waals surface area contributed by atoms with Crippen molar-refractivity contribution in [2.24, 2.45) is 5.10 Å². The number of hydrazone groups is 1. The molecule has 0 atom stereocenters. The van der Waals surface area contributed by atoms with Crippen molar-refractivity contribution < 1.29 is 19.4 Å². The molecule has 0 bridgehead atoms. The average molecular weight is 282 g/mol. The van der Waals surface area contributed by atoms with Crippen LogP contribution in [0.5, 0.6) is 0 Å². The number of nitrogens with zero attached hydrogens (tertiary/aromatic N) is 3. The SMILES string of the molecule is CCOC(=O)/C(=N/Nc1cccc([N+](=O)[O-])c1)[N+](=O)[O-]. The van der Waals surface area contributed by atoms with Gasteiger partial charge in [-0.3, -0.25) is 10.1 Å². The van der Waals surface area contributed by atoms with Crippen molar-refractivity contribution >= 4 is 23.2 Å². The topological polar surface area (TPSA) is 137 Å². The number of nitrogens with one attached hydrogen (secondary N) is 1. The molecule has 0 aliphatic carbocycles. The molecular formula is C10H10N4O6. The van der Waals surface area contributed by atoms with Gasteiger partial charge < -0.3 is 14.9 Å². The van der Waals surface area contributed by atoms with Crippen LogP contribution in [0.1, 0.15) is 6.92 Å². The summed E-state index contributed by atoms with van der Waals surface area (Å²) in [6, 6.07) is 5.13. The number of benzene rings is 1. The van der Waals surface area contributed by atoms with Gasteiger partial charge in [-0.1, -0.05) is 6.07 Å². The first kappa shape index (κ1) is 15.0. The van der Waals surface area contributed by atoms with Crippen LogP contribution in [0.15, 0.2) is 29.4 Å². The van der Waals surface area contributed by atoms with Gasteiger partial charge in [0.2, 0.25) is 0 Å². The maximum atomic E-state index is 11.2. The van der Waals surface area contributed by atoms with E-state index >= 15 is 0 Å². The number of esters is 1. The minimum Gasteiger partial charge on any atom is -0.457 e. The Labute approximate surface area is 112 Å². The molecule has 0 radical (unpaired) electrons. The second kappa shape index (κ2) is 6.78. The lowest BCUT2D eigenvalue weighted by Crippen LogP contribution is -2.26. The Hall–Kier alpha value is -3.04. The number of rotatable bonds is 4. The van der Waals surface area contributed by atoms with Crippen molar-refractivity contribution in [1.82, 2.24) is 0 Å². The number of non-ortho nitro benzene ring substituents is 1. The fraction of sp³-hybridized carbons (Fsp3) is 0.200. The minimum absolute atomic E-state index is 0.0392. The second-order valence-corrected chi connectivity index (χ2v) is 3.33. The zero-order chi connectivity index (χ0) is 15.1. The third-order valence-electron chi connectivity index (χ3n) is 1.98. The number of nitro benzene ring substituents is 1. The van der Waals surface area contributed by atoms with E-state index in [2.05, 4.69) is 15.3 Å². The zero-order valence-corrected chi connectivity index (χ0v) is 10.3. The quantitative estimate of drug-likeness (QED) is 0.287. The number of amidine groups is 1. The molecule has 0 aromatic heterocycles. The van der Waals surface area contributed by atoms with E-state index in [1.807, 2.05) is 0 Å². The van der Waals surface area contributed by atoms with Crippen molar-refractivity contribution in [2.45, 2.75) is 6.92 Å². The monoisotopic (exact) mass is 282 g/mol. The van der Waals surface area contributed by atoms with Crippen molar-refractivity contribution in [2.75, 3.05) is 12.0 Å². The molecule has 0 aliphatic rings. The lowest BCUT2D eigenvalue weighted by molar-refractivity contribution is -0.384. The number of anilines is 1. The maximum absolute atomic E-state index is 11.2. The van der Waals surface area contributed by atoms with Gasteiger partial charge in [0.25, 0.3) is 5.69 Å². The Kier molecular flexibility index (Phi) is 5.09. The lowest BCUT2D eigenvalue weighted by atomic mass is 10.3. The van der Waals surface area contributed by atoms with E-state index in [1.54, 1.807) is 0 Å². The predicted molar refractivity (Wildman–Crippen MR) is 67.8 cm³/mol. The molecule has 0 saturated heterocycles. The highest BCUT2D eigenvalue weighted by Crippen LogP contribution is 2.16. The van der Waals surface area contributed by atoms with Crippen molar-refractivity contribution in [3.05, 3.63) is 44.5 Å². The molecule has 10 heteroatoms. The Morgan fingerprint density at radius 3 is 2.65 bits per heavy atom. The number of carbonyl (C=O) groups is 1. The van der Waals surface area contributed by atoms with E-state index in [9.17, 15) is 25.0 Å². The van der Waals surface area contributed by atoms with Gasteiger partial charge in [-0.2, -0.15) is 5.43 Å². The van der Waals surface area contributed by atoms with Crippen LogP contribution in [-0.4, -0.2) is 28.3 Å². The molecule has 1 rings (SSSR count). The summed E-state index contributed by atoms with van der Waals surface area (Å²) in [5.74, 6) is -2.24. The summed E-state index contributed by atoms with van der Waals surface area (Å²) >= 11 is 0. The summed E-state index contributed by atoms with van der Waals surface area (Å²) in [4.78, 5) is 30.8. The largest absolute Gasteiger partial charge is 0.473 e. The molecule has 0 aliphatic heterocycles. The molecule has 0 saturated carbocycles. The van der Waals surface area contributed by atoms with E-state index in [1.165, 1.54) is 25.1 Å². The highest BCUT2D eigenvalue weighted by Gasteiger charge is 2.26. The fourth-order valence-corrected chi connectivity index (χ4v) is 1.16. The smallest absolute Gasteiger partial charge is 0.457 e. The number of nitro groups is 2. The minimum atomic E-state index is -1.20. The maximum Gasteiger partial charge on any atom is 0.473 e. The van der Waals surface area contributed by atoms with E-state index < -0.39 is 21.7 Å². The van der Waals surface area contributed by atoms with Crippen LogP contribution in [0.25, 0.3) is 0 Å². The van der Waals surface area contributed by atoms with Gasteiger partial charge in [0.05, 0.1) is 22.3 Å². The van der Waals surface area contributed by atoms with E-state index in [4.69, 9.17) is 0 Å². The van der Waals surface area contributed by atoms with Crippen LogP contribution in [0.4, 0.5) is 11.4 Å². The molecule has 1 aromatic carbocycles. The van der Waals surface area contributed by atoms with Crippen LogP contribution in [-0.2, 0) is 9.53 Å². The molecular weight excluding hydrogens is 272 g/mol. The number of ether oxygens (including phenoxy) is 1. The number of hydrogen-bond donors (Lipinski definition) is 1. The van der Waals surface area contributed by atoms with Crippen molar-refractivity contribution in [3.8, 4) is 0 Å². The summed E-state index contributed by atoms with van der Waals surface area (Å²) in [6.45, 7) is 1.45. The van der Waals surface area contributed by atoms with Crippen LogP contribution in [0.3, 0.4) is 0 Å². The molecule has 10 nitrogen and oxygen atoms in total. The highest BCUT2D eigenvalue weighted by molar-refractivity contribution is 6.31. The van der Waals surface area contributed by atoms with Gasteiger partial charge in [0.15, 0.2) is 0 Å². The Morgan fingerprint density at radius 2 is 2.10 bits per heavy atom. The Balaban J connectivity index is 2.92. The summed E-state index contributed by atoms with van der Waals surface area (Å²) in [7, 11) is 0. The third kappa shape index (κ3) is 4.01. The molecule has 20 heavy (non-hydrogen) atoms. The van der Waals surface area contributed by atoms with Gasteiger partial charge in [-0.15, -0.1) is 0 Å². The van der Waals surface area contributed by atoms with Gasteiger partial charge in [-0.25, -0.2) is 4.79 Å². The summed E-state index contributed by atoms with van der Waals surface area (Å²) in [6.07, 6.45) is 0. The second-order valence-electron chi connectivity index (χ2n) is 3.33. The standard InChI is InChI=1S/C10H10N4O6/c1-2-20-10(15)9(14(18)19)12-11-7-4-3-5-8(6-7)13(16)17/h3-6,11H,2H2,1H3/b12-9-. The molecule has 1 aromatic rings. The van der Waals surface area contributed by atoms with Crippen LogP contribution in [0.2, 0.25) is 0 Å².